The lowest BCUT2D eigenvalue weighted by molar-refractivity contribution is -0.140. The normalized spacial score (nSPS) is 14.4. The number of hydrogen-bond acceptors (Lipinski definition) is 5. The summed E-state index contributed by atoms with van der Waals surface area (Å²) in [7, 11) is 1.63. The molecule has 0 N–H and O–H groups in total. The first kappa shape index (κ1) is 16.8. The van der Waals surface area contributed by atoms with E-state index in [1.54, 1.807) is 25.1 Å². The van der Waals surface area contributed by atoms with Gasteiger partial charge in [0.1, 0.15) is 11.4 Å². The predicted molar refractivity (Wildman–Crippen MR) is 90.1 cm³/mol. The molecule has 0 saturated heterocycles. The average Bonchev–Trinajstić information content (AvgIpc) is 2.77. The first-order chi connectivity index (χ1) is 11.2. The van der Waals surface area contributed by atoms with Crippen molar-refractivity contribution in [1.29, 1.82) is 0 Å². The molecule has 1 aliphatic rings. The second-order valence-electron chi connectivity index (χ2n) is 5.04. The monoisotopic (exact) mass is 314 g/mol. The molecular weight excluding hydrogens is 292 g/mol. The SMILES string of the molecule is C=CC1=C(C(=O)OCC)N(Cc2ccc(OC)cc2)N=CCC1. The maximum Gasteiger partial charge on any atom is 0.356 e. The number of nitrogens with zero attached hydrogens (tertiary/aromatic N) is 2. The molecule has 23 heavy (non-hydrogen) atoms. The van der Waals surface area contributed by atoms with Crippen LogP contribution in [0.2, 0.25) is 0 Å². The van der Waals surface area contributed by atoms with Gasteiger partial charge in [0, 0.05) is 6.21 Å². The Labute approximate surface area is 136 Å². The third kappa shape index (κ3) is 4.22. The van der Waals surface area contributed by atoms with Gasteiger partial charge in [-0.2, -0.15) is 5.10 Å². The van der Waals surface area contributed by atoms with Crippen molar-refractivity contribution in [1.82, 2.24) is 5.01 Å². The Bertz CT molecular complexity index is 618. The third-order valence-corrected chi connectivity index (χ3v) is 3.53. The van der Waals surface area contributed by atoms with E-state index < -0.39 is 0 Å². The van der Waals surface area contributed by atoms with Crippen molar-refractivity contribution in [3.8, 4) is 5.75 Å². The molecule has 0 aliphatic carbocycles. The highest BCUT2D eigenvalue weighted by atomic mass is 16.5. The van der Waals surface area contributed by atoms with Crippen LogP contribution in [-0.2, 0) is 16.1 Å². The highest BCUT2D eigenvalue weighted by Crippen LogP contribution is 2.24. The van der Waals surface area contributed by atoms with E-state index in [2.05, 4.69) is 11.7 Å². The Balaban J connectivity index is 2.30. The van der Waals surface area contributed by atoms with Gasteiger partial charge in [-0.05, 0) is 43.0 Å². The molecule has 1 aromatic rings. The van der Waals surface area contributed by atoms with Crippen LogP contribution < -0.4 is 4.74 Å². The van der Waals surface area contributed by atoms with E-state index in [4.69, 9.17) is 9.47 Å². The van der Waals surface area contributed by atoms with Gasteiger partial charge in [0.2, 0.25) is 0 Å². The van der Waals surface area contributed by atoms with Crippen LogP contribution in [-0.4, -0.2) is 30.9 Å². The maximum absolute atomic E-state index is 12.4. The molecule has 5 nitrogen and oxygen atoms in total. The van der Waals surface area contributed by atoms with E-state index in [-0.39, 0.29) is 5.97 Å². The summed E-state index contributed by atoms with van der Waals surface area (Å²) in [5.41, 5.74) is 2.34. The quantitative estimate of drug-likeness (QED) is 0.756. The molecular formula is C18H22N2O3. The largest absolute Gasteiger partial charge is 0.497 e. The van der Waals surface area contributed by atoms with Gasteiger partial charge in [-0.3, -0.25) is 5.01 Å². The summed E-state index contributed by atoms with van der Waals surface area (Å²) in [6, 6.07) is 7.68. The maximum atomic E-state index is 12.4. The van der Waals surface area contributed by atoms with Gasteiger partial charge in [-0.15, -0.1) is 0 Å². The molecule has 5 heteroatoms. The fraction of sp³-hybridized carbons (Fsp3) is 0.333. The van der Waals surface area contributed by atoms with Crippen molar-refractivity contribution in [2.75, 3.05) is 13.7 Å². The Kier molecular flexibility index (Phi) is 5.97. The van der Waals surface area contributed by atoms with Crippen molar-refractivity contribution in [3.05, 3.63) is 53.8 Å². The van der Waals surface area contributed by atoms with E-state index >= 15 is 0 Å². The van der Waals surface area contributed by atoms with Crippen molar-refractivity contribution in [2.45, 2.75) is 26.3 Å². The first-order valence-electron chi connectivity index (χ1n) is 7.65. The molecule has 0 atom stereocenters. The van der Waals surface area contributed by atoms with Crippen molar-refractivity contribution >= 4 is 12.2 Å². The Hall–Kier alpha value is -2.56. The molecule has 0 bridgehead atoms. The molecule has 1 heterocycles. The predicted octanol–water partition coefficient (Wildman–Crippen LogP) is 3.28. The molecule has 2 rings (SSSR count). The summed E-state index contributed by atoms with van der Waals surface area (Å²) >= 11 is 0. The van der Waals surface area contributed by atoms with Gasteiger partial charge in [-0.25, -0.2) is 4.79 Å². The number of allylic oxidation sites excluding steroid dienone is 2. The first-order valence-corrected chi connectivity index (χ1v) is 7.65. The second-order valence-corrected chi connectivity index (χ2v) is 5.04. The Morgan fingerprint density at radius 2 is 2.13 bits per heavy atom. The zero-order valence-corrected chi connectivity index (χ0v) is 13.6. The lowest BCUT2D eigenvalue weighted by Gasteiger charge is -2.22. The van der Waals surface area contributed by atoms with E-state index in [0.29, 0.717) is 18.8 Å². The number of rotatable bonds is 6. The zero-order valence-electron chi connectivity index (χ0n) is 13.6. The molecule has 1 aliphatic heterocycles. The summed E-state index contributed by atoms with van der Waals surface area (Å²) in [6.45, 7) is 6.41. The van der Waals surface area contributed by atoms with E-state index in [1.165, 1.54) is 0 Å². The summed E-state index contributed by atoms with van der Waals surface area (Å²) in [4.78, 5) is 12.4. The molecule has 0 radical (unpaired) electrons. The average molecular weight is 314 g/mol. The lowest BCUT2D eigenvalue weighted by atomic mass is 10.1. The number of methoxy groups -OCH3 is 1. The highest BCUT2D eigenvalue weighted by Gasteiger charge is 2.23. The van der Waals surface area contributed by atoms with Crippen LogP contribution >= 0.6 is 0 Å². The highest BCUT2D eigenvalue weighted by molar-refractivity contribution is 5.89. The lowest BCUT2D eigenvalue weighted by Crippen LogP contribution is -2.25. The minimum absolute atomic E-state index is 0.326. The van der Waals surface area contributed by atoms with Crippen LogP contribution in [0, 0.1) is 0 Å². The Morgan fingerprint density at radius 3 is 2.74 bits per heavy atom. The van der Waals surface area contributed by atoms with Crippen LogP contribution in [0.25, 0.3) is 0 Å². The van der Waals surface area contributed by atoms with E-state index in [1.807, 2.05) is 30.5 Å². The van der Waals surface area contributed by atoms with Gasteiger partial charge in [0.25, 0.3) is 0 Å². The number of benzene rings is 1. The van der Waals surface area contributed by atoms with Crippen LogP contribution in [0.5, 0.6) is 5.75 Å². The van der Waals surface area contributed by atoms with Gasteiger partial charge in [0.05, 0.1) is 20.3 Å². The van der Waals surface area contributed by atoms with Crippen molar-refractivity contribution in [2.24, 2.45) is 5.10 Å². The molecule has 0 spiro atoms. The Morgan fingerprint density at radius 1 is 1.39 bits per heavy atom. The molecule has 0 unspecified atom stereocenters. The number of carbonyl (C=O) groups excluding carboxylic acids is 1. The molecule has 0 fully saturated rings. The number of ether oxygens (including phenoxy) is 2. The minimum atomic E-state index is -0.366. The molecule has 122 valence electrons. The number of hydrazone groups is 1. The zero-order chi connectivity index (χ0) is 16.7. The molecule has 0 saturated carbocycles. The van der Waals surface area contributed by atoms with E-state index in [9.17, 15) is 4.79 Å². The standard InChI is InChI=1S/C18H22N2O3/c1-4-15-7-6-12-19-20(17(15)18(21)23-5-2)13-14-8-10-16(22-3)11-9-14/h4,8-12H,1,5-7,13H2,2-3H3. The van der Waals surface area contributed by atoms with Crippen LogP contribution in [0.4, 0.5) is 0 Å². The van der Waals surface area contributed by atoms with Crippen molar-refractivity contribution < 1.29 is 14.3 Å². The van der Waals surface area contributed by atoms with Gasteiger partial charge in [-0.1, -0.05) is 24.8 Å². The van der Waals surface area contributed by atoms with Crippen LogP contribution in [0.1, 0.15) is 25.3 Å². The van der Waals surface area contributed by atoms with Gasteiger partial charge < -0.3 is 9.47 Å². The van der Waals surface area contributed by atoms with Crippen LogP contribution in [0.3, 0.4) is 0 Å². The summed E-state index contributed by atoms with van der Waals surface area (Å²) in [5.74, 6) is 0.427. The molecule has 1 aromatic carbocycles. The summed E-state index contributed by atoms with van der Waals surface area (Å²) < 4.78 is 10.4. The fourth-order valence-electron chi connectivity index (χ4n) is 2.38. The second kappa shape index (κ2) is 8.17. The minimum Gasteiger partial charge on any atom is -0.497 e. The fourth-order valence-corrected chi connectivity index (χ4v) is 2.38. The number of esters is 1. The summed E-state index contributed by atoms with van der Waals surface area (Å²) in [6.07, 6.45) is 5.02. The molecule has 0 aromatic heterocycles. The van der Waals surface area contributed by atoms with Gasteiger partial charge >= 0.3 is 5.97 Å². The van der Waals surface area contributed by atoms with Crippen LogP contribution in [0.15, 0.2) is 53.3 Å². The number of carbonyl (C=O) groups is 1. The number of hydrogen-bond donors (Lipinski definition) is 0. The van der Waals surface area contributed by atoms with Gasteiger partial charge in [0.15, 0.2) is 0 Å². The van der Waals surface area contributed by atoms with Crippen molar-refractivity contribution in [3.63, 3.8) is 0 Å². The topological polar surface area (TPSA) is 51.1 Å². The smallest absolute Gasteiger partial charge is 0.356 e. The summed E-state index contributed by atoms with van der Waals surface area (Å²) in [5, 5.41) is 6.10. The van der Waals surface area contributed by atoms with E-state index in [0.717, 1.165) is 29.7 Å². The third-order valence-electron chi connectivity index (χ3n) is 3.53. The molecule has 0 amide bonds.